The summed E-state index contributed by atoms with van der Waals surface area (Å²) in [4.78, 5) is 24.0. The molecule has 0 bridgehead atoms. The molecule has 3 atom stereocenters. The van der Waals surface area contributed by atoms with E-state index in [0.717, 1.165) is 50.9 Å². The van der Waals surface area contributed by atoms with Gasteiger partial charge >= 0.3 is 11.9 Å². The second-order valence-corrected chi connectivity index (χ2v) is 11.8. The van der Waals surface area contributed by atoms with Crippen LogP contribution in [-0.4, -0.2) is 48.6 Å². The van der Waals surface area contributed by atoms with E-state index in [-0.39, 0.29) is 25.2 Å². The highest BCUT2D eigenvalue weighted by atomic mass is 16.6. The van der Waals surface area contributed by atoms with Gasteiger partial charge < -0.3 is 19.3 Å². The van der Waals surface area contributed by atoms with Crippen molar-refractivity contribution in [3.63, 3.8) is 0 Å². The number of aliphatic hydroxyl groups excluding tert-OH is 1. The summed E-state index contributed by atoms with van der Waals surface area (Å²) in [5.74, 6) is 0.0957. The molecule has 0 radical (unpaired) electrons. The van der Waals surface area contributed by atoms with E-state index in [1.807, 2.05) is 0 Å². The Hall–Kier alpha value is -1.92. The minimum Gasteiger partial charge on any atom is -0.462 e. The van der Waals surface area contributed by atoms with E-state index in [9.17, 15) is 14.7 Å². The molecule has 1 N–H and O–H groups in total. The first-order chi connectivity index (χ1) is 20.0. The molecule has 1 fully saturated rings. The molecule has 0 aromatic rings. The molecule has 0 amide bonds. The van der Waals surface area contributed by atoms with Crippen molar-refractivity contribution in [3.05, 3.63) is 36.5 Å². The van der Waals surface area contributed by atoms with Crippen molar-refractivity contribution in [1.29, 1.82) is 0 Å². The van der Waals surface area contributed by atoms with Crippen LogP contribution in [0.1, 0.15) is 136 Å². The number of ether oxygens (including phenoxy) is 3. The van der Waals surface area contributed by atoms with Crippen LogP contribution in [0, 0.1) is 5.92 Å². The Morgan fingerprint density at radius 1 is 0.780 bits per heavy atom. The lowest BCUT2D eigenvalue weighted by atomic mass is 10.0. The van der Waals surface area contributed by atoms with Crippen LogP contribution in [0.4, 0.5) is 0 Å². The maximum Gasteiger partial charge on any atom is 0.306 e. The largest absolute Gasteiger partial charge is 0.462 e. The number of rotatable bonds is 27. The molecule has 1 heterocycles. The normalized spacial score (nSPS) is 17.7. The van der Waals surface area contributed by atoms with Gasteiger partial charge in [-0.2, -0.15) is 0 Å². The minimum absolute atomic E-state index is 0.0980. The zero-order valence-corrected chi connectivity index (χ0v) is 26.4. The summed E-state index contributed by atoms with van der Waals surface area (Å²) in [5, 5.41) is 9.47. The predicted octanol–water partition coefficient (Wildman–Crippen LogP) is 8.57. The number of hydrogen-bond donors (Lipinski definition) is 1. The van der Waals surface area contributed by atoms with Gasteiger partial charge in [0, 0.05) is 12.8 Å². The fourth-order valence-corrected chi connectivity index (χ4v) is 4.65. The lowest BCUT2D eigenvalue weighted by Crippen LogP contribution is -2.28. The molecule has 41 heavy (non-hydrogen) atoms. The van der Waals surface area contributed by atoms with Crippen LogP contribution in [-0.2, 0) is 23.8 Å². The van der Waals surface area contributed by atoms with Gasteiger partial charge in [0.25, 0.3) is 0 Å². The average molecular weight is 577 g/mol. The van der Waals surface area contributed by atoms with Gasteiger partial charge in [-0.3, -0.25) is 9.59 Å². The first kappa shape index (κ1) is 37.1. The Morgan fingerprint density at radius 3 is 2.15 bits per heavy atom. The van der Waals surface area contributed by atoms with Crippen LogP contribution in [0.15, 0.2) is 36.5 Å². The summed E-state index contributed by atoms with van der Waals surface area (Å²) in [5.41, 5.74) is 0. The molecule has 1 aliphatic rings. The van der Waals surface area contributed by atoms with E-state index in [1.54, 1.807) is 0 Å². The Labute approximate surface area is 251 Å². The number of epoxide rings is 1. The third-order valence-corrected chi connectivity index (χ3v) is 7.29. The average Bonchev–Trinajstić information content (AvgIpc) is 3.70. The number of carbonyl (C=O) groups excluding carboxylic acids is 2. The second kappa shape index (κ2) is 25.8. The number of allylic oxidation sites excluding steroid dienone is 5. The lowest BCUT2D eigenvalue weighted by Gasteiger charge is -2.15. The van der Waals surface area contributed by atoms with Crippen LogP contribution < -0.4 is 0 Å². The molecule has 1 aliphatic heterocycles. The van der Waals surface area contributed by atoms with Crippen molar-refractivity contribution in [1.82, 2.24) is 0 Å². The van der Waals surface area contributed by atoms with E-state index in [1.165, 1.54) is 51.4 Å². The molecule has 6 heteroatoms. The predicted molar refractivity (Wildman–Crippen MR) is 168 cm³/mol. The molecule has 0 aromatic carbocycles. The quantitative estimate of drug-likeness (QED) is 0.0456. The highest BCUT2D eigenvalue weighted by Crippen LogP contribution is 2.30. The maximum atomic E-state index is 12.0. The monoisotopic (exact) mass is 576 g/mol. The van der Waals surface area contributed by atoms with Gasteiger partial charge in [0.15, 0.2) is 6.10 Å². The van der Waals surface area contributed by atoms with E-state index in [4.69, 9.17) is 14.2 Å². The molecule has 1 saturated heterocycles. The summed E-state index contributed by atoms with van der Waals surface area (Å²) in [6, 6.07) is 0. The zero-order chi connectivity index (χ0) is 30.0. The molecule has 2 unspecified atom stereocenters. The summed E-state index contributed by atoms with van der Waals surface area (Å²) in [6.07, 6.45) is 31.1. The van der Waals surface area contributed by atoms with Crippen molar-refractivity contribution < 1.29 is 28.9 Å². The van der Waals surface area contributed by atoms with Gasteiger partial charge in [0.2, 0.25) is 0 Å². The third-order valence-electron chi connectivity index (χ3n) is 7.29. The Bertz CT molecular complexity index is 741. The SMILES string of the molecule is CCCCCC1OC1C/C=C\C/C=C\C/C=C\CCCC(=O)OC[C@H](CO)OC(=O)CCCCCCCCC(C)C. The first-order valence-electron chi connectivity index (χ1n) is 16.5. The van der Waals surface area contributed by atoms with Crippen molar-refractivity contribution >= 4 is 11.9 Å². The summed E-state index contributed by atoms with van der Waals surface area (Å²) < 4.78 is 16.2. The smallest absolute Gasteiger partial charge is 0.306 e. The molecule has 1 rings (SSSR count). The minimum atomic E-state index is -0.793. The van der Waals surface area contributed by atoms with Crippen molar-refractivity contribution in [2.45, 2.75) is 155 Å². The molecule has 0 aromatic heterocycles. The molecule has 6 nitrogen and oxygen atoms in total. The number of unbranched alkanes of at least 4 members (excludes halogenated alkanes) is 8. The second-order valence-electron chi connectivity index (χ2n) is 11.8. The Kier molecular flexibility index (Phi) is 23.3. The summed E-state index contributed by atoms with van der Waals surface area (Å²) in [6.45, 7) is 6.28. The standard InChI is InChI=1S/C35H60O6/c1-4-5-18-24-32-33(41-32)25-20-15-10-8-6-7-9-11-16-21-26-34(37)39-29-31(28-36)40-35(38)27-22-17-13-12-14-19-23-30(2)3/h6,8-9,11,15,20,30-33,36H,4-5,7,10,12-14,16-19,21-29H2,1-3H3/b8-6-,11-9-,20-15-/t31-,32?,33?/m0/s1. The lowest BCUT2D eigenvalue weighted by molar-refractivity contribution is -0.161. The summed E-state index contributed by atoms with van der Waals surface area (Å²) >= 11 is 0. The van der Waals surface area contributed by atoms with Gasteiger partial charge in [-0.15, -0.1) is 0 Å². The molecular weight excluding hydrogens is 516 g/mol. The topological polar surface area (TPSA) is 85.4 Å². The zero-order valence-electron chi connectivity index (χ0n) is 26.4. The van der Waals surface area contributed by atoms with Crippen molar-refractivity contribution in [2.24, 2.45) is 5.92 Å². The van der Waals surface area contributed by atoms with Crippen LogP contribution in [0.3, 0.4) is 0 Å². The number of carbonyl (C=O) groups is 2. The molecule has 0 aliphatic carbocycles. The fraction of sp³-hybridized carbons (Fsp3) is 0.771. The molecule has 236 valence electrons. The van der Waals surface area contributed by atoms with Crippen molar-refractivity contribution in [2.75, 3.05) is 13.2 Å². The number of hydrogen-bond acceptors (Lipinski definition) is 6. The van der Waals surface area contributed by atoms with E-state index in [2.05, 4.69) is 57.2 Å². The van der Waals surface area contributed by atoms with Gasteiger partial charge in [0.1, 0.15) is 6.61 Å². The first-order valence-corrected chi connectivity index (χ1v) is 16.5. The number of aliphatic hydroxyl groups is 1. The highest BCUT2D eigenvalue weighted by molar-refractivity contribution is 5.70. The number of esters is 2. The van der Waals surface area contributed by atoms with Gasteiger partial charge in [0.05, 0.1) is 18.8 Å². The molecule has 0 saturated carbocycles. The van der Waals surface area contributed by atoms with E-state index < -0.39 is 6.10 Å². The maximum absolute atomic E-state index is 12.0. The molecular formula is C35H60O6. The van der Waals surface area contributed by atoms with Gasteiger partial charge in [-0.05, 0) is 50.9 Å². The molecule has 0 spiro atoms. The van der Waals surface area contributed by atoms with E-state index >= 15 is 0 Å². The highest BCUT2D eigenvalue weighted by Gasteiger charge is 2.36. The van der Waals surface area contributed by atoms with Crippen molar-refractivity contribution in [3.8, 4) is 0 Å². The third kappa shape index (κ3) is 23.3. The van der Waals surface area contributed by atoms with Crippen LogP contribution in [0.2, 0.25) is 0 Å². The van der Waals surface area contributed by atoms with Crippen LogP contribution >= 0.6 is 0 Å². The summed E-state index contributed by atoms with van der Waals surface area (Å²) in [7, 11) is 0. The Morgan fingerprint density at radius 2 is 1.44 bits per heavy atom. The fourth-order valence-electron chi connectivity index (χ4n) is 4.65. The van der Waals surface area contributed by atoms with Crippen LogP contribution in [0.25, 0.3) is 0 Å². The van der Waals surface area contributed by atoms with Gasteiger partial charge in [-0.25, -0.2) is 0 Å². The Balaban J connectivity index is 1.97. The van der Waals surface area contributed by atoms with Crippen LogP contribution in [0.5, 0.6) is 0 Å². The van der Waals surface area contributed by atoms with Gasteiger partial charge in [-0.1, -0.05) is 115 Å². The van der Waals surface area contributed by atoms with E-state index in [0.29, 0.717) is 31.5 Å².